The molecule has 0 aliphatic heterocycles. The van der Waals surface area contributed by atoms with Gasteiger partial charge in [0.2, 0.25) is 0 Å². The van der Waals surface area contributed by atoms with Gasteiger partial charge in [0.15, 0.2) is 0 Å². The Bertz CT molecular complexity index is 249. The fourth-order valence-corrected chi connectivity index (χ4v) is 2.26. The summed E-state index contributed by atoms with van der Waals surface area (Å²) in [5.41, 5.74) is 0. The van der Waals surface area contributed by atoms with Crippen molar-refractivity contribution in [3.05, 3.63) is 20.8 Å². The van der Waals surface area contributed by atoms with Crippen LogP contribution in [0.5, 0.6) is 0 Å². The van der Waals surface area contributed by atoms with E-state index in [0.717, 1.165) is 11.3 Å². The molecule has 1 aromatic rings. The van der Waals surface area contributed by atoms with Crippen molar-refractivity contribution in [1.29, 1.82) is 0 Å². The molecule has 0 saturated heterocycles. The average Bonchev–Trinajstić information content (AvgIpc) is 2.12. The molecule has 0 aliphatic rings. The van der Waals surface area contributed by atoms with Crippen LogP contribution in [-0.2, 0) is 6.32 Å². The van der Waals surface area contributed by atoms with E-state index >= 15 is 0 Å². The van der Waals surface area contributed by atoms with Crippen molar-refractivity contribution >= 4 is 34.2 Å². The van der Waals surface area contributed by atoms with Gasteiger partial charge in [0.05, 0.1) is 0 Å². The zero-order valence-corrected chi connectivity index (χ0v) is 11.9. The summed E-state index contributed by atoms with van der Waals surface area (Å²) in [6.45, 7) is -4.69. The second kappa shape index (κ2) is 5.53. The van der Waals surface area contributed by atoms with Crippen molar-refractivity contribution in [2.24, 2.45) is 0 Å². The first-order valence-corrected chi connectivity index (χ1v) is 4.59. The van der Waals surface area contributed by atoms with Gasteiger partial charge >= 0.3 is 58.4 Å². The smallest absolute Gasteiger partial charge is 0.449 e. The van der Waals surface area contributed by atoms with Crippen molar-refractivity contribution in [2.45, 2.75) is 6.32 Å². The van der Waals surface area contributed by atoms with Crippen LogP contribution in [0.1, 0.15) is 4.88 Å². The van der Waals surface area contributed by atoms with Crippen LogP contribution in [0, 0.1) is 0 Å². The summed E-state index contributed by atoms with van der Waals surface area (Å²) < 4.78 is 36.1. The Labute approximate surface area is 124 Å². The summed E-state index contributed by atoms with van der Waals surface area (Å²) in [4.78, 5) is 0.359. The van der Waals surface area contributed by atoms with Crippen molar-refractivity contribution in [2.75, 3.05) is 0 Å². The SMILES string of the molecule is F[B-](F)(F)Cc1sccc1Br.[K+]. The fraction of sp³-hybridized carbons (Fsp3) is 0.200. The maximum Gasteiger partial charge on any atom is 1.00 e. The second-order valence-electron chi connectivity index (χ2n) is 2.11. The van der Waals surface area contributed by atoms with E-state index in [-0.39, 0.29) is 51.4 Å². The van der Waals surface area contributed by atoms with E-state index in [1.165, 1.54) is 0 Å². The Balaban J connectivity index is 0.00000121. The standard InChI is InChI=1S/C5H4BBrF3S.K/c7-4-1-2-11-5(4)3-6(8,9)10;/h1-2H,3H2;/q-1;+1. The maximum absolute atomic E-state index is 11.8. The van der Waals surface area contributed by atoms with E-state index in [1.807, 2.05) is 0 Å². The molecule has 1 rings (SSSR count). The van der Waals surface area contributed by atoms with Gasteiger partial charge < -0.3 is 12.9 Å². The molecule has 0 bridgehead atoms. The number of halogens is 4. The molecule has 62 valence electrons. The molecule has 1 heterocycles. The maximum atomic E-state index is 11.8. The van der Waals surface area contributed by atoms with Gasteiger partial charge in [-0.2, -0.15) is 11.3 Å². The summed E-state index contributed by atoms with van der Waals surface area (Å²) in [6.07, 6.45) is -0.780. The zero-order valence-electron chi connectivity index (χ0n) is 6.36. The summed E-state index contributed by atoms with van der Waals surface area (Å²) in [6, 6.07) is 1.63. The molecule has 0 atom stereocenters. The van der Waals surface area contributed by atoms with E-state index in [2.05, 4.69) is 15.9 Å². The minimum Gasteiger partial charge on any atom is -0.449 e. The van der Waals surface area contributed by atoms with Crippen molar-refractivity contribution in [3.8, 4) is 0 Å². The number of rotatable bonds is 2. The van der Waals surface area contributed by atoms with Crippen molar-refractivity contribution < 1.29 is 64.3 Å². The number of hydrogen-bond donors (Lipinski definition) is 0. The van der Waals surface area contributed by atoms with Gasteiger partial charge in [-0.05, 0) is 38.6 Å². The molecule has 0 spiro atoms. The van der Waals surface area contributed by atoms with E-state index < -0.39 is 13.3 Å². The third-order valence-electron chi connectivity index (χ3n) is 1.11. The quantitative estimate of drug-likeness (QED) is 0.691. The molecule has 0 nitrogen and oxygen atoms in total. The zero-order chi connectivity index (χ0) is 8.48. The number of thiophene rings is 1. The second-order valence-corrected chi connectivity index (χ2v) is 3.96. The van der Waals surface area contributed by atoms with Gasteiger partial charge in [-0.1, -0.05) is 0 Å². The van der Waals surface area contributed by atoms with Gasteiger partial charge in [0, 0.05) is 4.47 Å². The van der Waals surface area contributed by atoms with Crippen LogP contribution in [0.2, 0.25) is 0 Å². The van der Waals surface area contributed by atoms with Gasteiger partial charge in [-0.3, -0.25) is 0 Å². The molecule has 1 aromatic heterocycles. The van der Waals surface area contributed by atoms with E-state index in [9.17, 15) is 12.9 Å². The predicted octanol–water partition coefficient (Wildman–Crippen LogP) is 0.444. The van der Waals surface area contributed by atoms with Gasteiger partial charge in [-0.25, -0.2) is 0 Å². The van der Waals surface area contributed by atoms with Crippen LogP contribution in [0.4, 0.5) is 12.9 Å². The number of hydrogen-bond acceptors (Lipinski definition) is 1. The van der Waals surface area contributed by atoms with Crippen LogP contribution in [0.3, 0.4) is 0 Å². The van der Waals surface area contributed by atoms with Crippen LogP contribution >= 0.6 is 27.3 Å². The first-order chi connectivity index (χ1) is 4.99. The monoisotopic (exact) mass is 282 g/mol. The molecular formula is C5H4BBrF3KS. The van der Waals surface area contributed by atoms with Crippen LogP contribution in [0.15, 0.2) is 15.9 Å². The van der Waals surface area contributed by atoms with Gasteiger partial charge in [-0.15, -0.1) is 0 Å². The Hall–Kier alpha value is 1.67. The Morgan fingerprint density at radius 2 is 2.00 bits per heavy atom. The molecule has 0 aliphatic carbocycles. The minimum atomic E-state index is -4.69. The average molecular weight is 283 g/mol. The minimum absolute atomic E-state index is 0. The topological polar surface area (TPSA) is 0 Å². The Morgan fingerprint density at radius 1 is 1.42 bits per heavy atom. The molecule has 0 unspecified atom stereocenters. The first kappa shape index (κ1) is 13.7. The normalized spacial score (nSPS) is 11.0. The van der Waals surface area contributed by atoms with Crippen LogP contribution in [0.25, 0.3) is 0 Å². The van der Waals surface area contributed by atoms with Crippen molar-refractivity contribution in [3.63, 3.8) is 0 Å². The summed E-state index contributed by atoms with van der Waals surface area (Å²) in [5, 5.41) is 1.64. The molecule has 12 heavy (non-hydrogen) atoms. The van der Waals surface area contributed by atoms with E-state index in [0.29, 0.717) is 9.35 Å². The van der Waals surface area contributed by atoms with Crippen LogP contribution in [-0.4, -0.2) is 6.98 Å². The summed E-state index contributed by atoms with van der Waals surface area (Å²) in [7, 11) is 0. The summed E-state index contributed by atoms with van der Waals surface area (Å²) >= 11 is 4.16. The fourth-order valence-electron chi connectivity index (χ4n) is 0.681. The molecule has 0 amide bonds. The third kappa shape index (κ3) is 4.78. The van der Waals surface area contributed by atoms with Gasteiger partial charge in [0.1, 0.15) is 0 Å². The molecule has 0 N–H and O–H groups in total. The Kier molecular flexibility index (Phi) is 6.30. The molecule has 7 heteroatoms. The molecule has 0 aromatic carbocycles. The molecular weight excluding hydrogens is 279 g/mol. The van der Waals surface area contributed by atoms with Crippen molar-refractivity contribution in [1.82, 2.24) is 0 Å². The first-order valence-electron chi connectivity index (χ1n) is 2.92. The predicted molar refractivity (Wildman–Crippen MR) is 44.8 cm³/mol. The van der Waals surface area contributed by atoms with Gasteiger partial charge in [0.25, 0.3) is 0 Å². The third-order valence-corrected chi connectivity index (χ3v) is 3.06. The molecule has 0 saturated carbocycles. The van der Waals surface area contributed by atoms with E-state index in [4.69, 9.17) is 0 Å². The molecule has 0 fully saturated rings. The largest absolute Gasteiger partial charge is 1.00 e. The van der Waals surface area contributed by atoms with E-state index in [1.54, 1.807) is 11.4 Å². The van der Waals surface area contributed by atoms with Crippen LogP contribution < -0.4 is 51.4 Å². The molecule has 0 radical (unpaired) electrons. The Morgan fingerprint density at radius 3 is 2.33 bits per heavy atom. The summed E-state index contributed by atoms with van der Waals surface area (Å²) in [5.74, 6) is 0.